The first-order valence-electron chi connectivity index (χ1n) is 23.1. The predicted molar refractivity (Wildman–Crippen MR) is 260 cm³/mol. The number of nitrogen functional groups attached to an aromatic ring is 3. The Morgan fingerprint density at radius 2 is 1.42 bits per heavy atom. The van der Waals surface area contributed by atoms with E-state index >= 15 is 0 Å². The van der Waals surface area contributed by atoms with E-state index in [0.29, 0.717) is 6.54 Å². The third-order valence-corrected chi connectivity index (χ3v) is 20.6. The highest BCUT2D eigenvalue weighted by Crippen LogP contribution is 2.67. The number of hydrogen-bond acceptors (Lipinski definition) is 28. The number of fused-ring (bicyclic) bond motifs is 3. The Hall–Kier alpha value is -5.07. The molecule has 428 valence electrons. The quantitative estimate of drug-likeness (QED) is 0.0242. The van der Waals surface area contributed by atoms with E-state index in [2.05, 4.69) is 44.2 Å². The van der Waals surface area contributed by atoms with Gasteiger partial charge in [-0.25, -0.2) is 33.4 Å². The fourth-order valence-electron chi connectivity index (χ4n) is 9.50. The number of nitrogens with two attached hydrogens (primary N) is 3. The molecule has 3 aliphatic rings. The van der Waals surface area contributed by atoms with Crippen LogP contribution in [0.3, 0.4) is 0 Å². The molecule has 3 aliphatic heterocycles. The van der Waals surface area contributed by atoms with Gasteiger partial charge in [-0.1, -0.05) is 4.98 Å². The van der Waals surface area contributed by atoms with Crippen molar-refractivity contribution in [3.63, 3.8) is 0 Å². The second kappa shape index (κ2) is 21.8. The summed E-state index contributed by atoms with van der Waals surface area (Å²) >= 11 is 0. The zero-order valence-corrected chi connectivity index (χ0v) is 44.8. The summed E-state index contributed by atoms with van der Waals surface area (Å²) in [6.07, 6.45) is -10.7. The van der Waals surface area contributed by atoms with Crippen LogP contribution in [0.25, 0.3) is 33.5 Å². The number of rotatable bonds is 21. The van der Waals surface area contributed by atoms with Gasteiger partial charge in [0, 0.05) is 13.0 Å². The molecule has 78 heavy (non-hydrogen) atoms. The SMILES string of the molecule is CO[C@H]1[C@H](n2cnc3c(N)ncnc32)OC(COP(=O)(O)OP(=O)(O)CP(=O)(O)OC[C@H]2OC([n+]3cn(C)c4c(=O)[nH]c(N)nc43)[C@H](O)[C@@H]2CCN(C)C)[C@H]1P(=O)([O-])OC[C@H]1O[C@@H](n2cnc3c(=O)[nH]c(N)nc32)[C@H](O)[C@@H]1O. The topological polar surface area (TPSA) is 530 Å². The number of aliphatic hydroxyl groups is 3. The second-order valence-electron chi connectivity index (χ2n) is 18.6. The summed E-state index contributed by atoms with van der Waals surface area (Å²) in [4.78, 5) is 103. The molecule has 0 aromatic carbocycles. The summed E-state index contributed by atoms with van der Waals surface area (Å²) in [6, 6.07) is 0. The number of nitrogens with zero attached hydrogens (tertiary/aromatic N) is 11. The molecule has 0 radical (unpaired) electrons. The zero-order chi connectivity index (χ0) is 56.6. The maximum atomic E-state index is 14.4. The average Bonchev–Trinajstić information content (AvgIpc) is 4.37. The Balaban J connectivity index is 0.892. The van der Waals surface area contributed by atoms with Crippen LogP contribution in [0.2, 0.25) is 0 Å². The lowest BCUT2D eigenvalue weighted by Gasteiger charge is -2.35. The van der Waals surface area contributed by atoms with E-state index in [1.54, 1.807) is 19.0 Å². The molecule has 0 saturated carbocycles. The molecular weight excluding hydrogens is 1130 g/mol. The molecule has 9 rings (SSSR count). The summed E-state index contributed by atoms with van der Waals surface area (Å²) in [6.45, 7) is -2.68. The van der Waals surface area contributed by atoms with Gasteiger partial charge in [-0.05, 0) is 27.1 Å². The number of H-pyrrole nitrogens is 2. The number of imidazole rings is 3. The minimum atomic E-state index is -5.87. The maximum Gasteiger partial charge on any atom is 0.479 e. The van der Waals surface area contributed by atoms with Crippen LogP contribution >= 0.6 is 30.6 Å². The first kappa shape index (κ1) is 57.6. The highest BCUT2D eigenvalue weighted by atomic mass is 31.3. The lowest BCUT2D eigenvalue weighted by Crippen LogP contribution is -2.45. The molecule has 37 nitrogen and oxygen atoms in total. The Morgan fingerprint density at radius 1 is 0.782 bits per heavy atom. The predicted octanol–water partition coefficient (Wildman–Crippen LogP) is -3.96. The summed E-state index contributed by atoms with van der Waals surface area (Å²) in [7, 11) is -16.3. The normalized spacial score (nSPS) is 29.8. The van der Waals surface area contributed by atoms with Crippen LogP contribution in [0.4, 0.5) is 17.7 Å². The molecule has 3 saturated heterocycles. The summed E-state index contributed by atoms with van der Waals surface area (Å²) < 4.78 is 103. The molecule has 3 fully saturated rings. The number of phosphoric ester groups is 1. The Labute approximate surface area is 437 Å². The average molecular weight is 1180 g/mol. The largest absolute Gasteiger partial charge is 0.778 e. The number of aromatic nitrogens is 12. The number of methoxy groups -OCH3 is 1. The van der Waals surface area contributed by atoms with Crippen molar-refractivity contribution in [3.8, 4) is 0 Å². The van der Waals surface area contributed by atoms with Crippen molar-refractivity contribution in [2.45, 2.75) is 73.5 Å². The van der Waals surface area contributed by atoms with Crippen molar-refractivity contribution in [2.75, 3.05) is 70.7 Å². The van der Waals surface area contributed by atoms with Crippen LogP contribution in [0.15, 0.2) is 34.9 Å². The van der Waals surface area contributed by atoms with Crippen LogP contribution in [-0.4, -0.2) is 190 Å². The minimum absolute atomic E-state index is 0.00121. The minimum Gasteiger partial charge on any atom is -0.778 e. The number of nitrogens with one attached hydrogen (secondary N) is 2. The van der Waals surface area contributed by atoms with Gasteiger partial charge in [-0.2, -0.15) is 4.98 Å². The molecular formula is C37H54N16O21P4. The molecule has 6 unspecified atom stereocenters. The van der Waals surface area contributed by atoms with Crippen LogP contribution in [0.5, 0.6) is 0 Å². The van der Waals surface area contributed by atoms with Gasteiger partial charge in [-0.15, -0.1) is 0 Å². The number of ether oxygens (including phenoxy) is 4. The summed E-state index contributed by atoms with van der Waals surface area (Å²) in [5.74, 6) is -3.26. The molecule has 9 heterocycles. The van der Waals surface area contributed by atoms with Crippen LogP contribution < -0.4 is 37.8 Å². The molecule has 0 bridgehead atoms. The van der Waals surface area contributed by atoms with Crippen LogP contribution in [-0.2, 0) is 62.1 Å². The summed E-state index contributed by atoms with van der Waals surface area (Å²) in [5, 5.41) is 33.5. The van der Waals surface area contributed by atoms with Gasteiger partial charge in [-0.3, -0.25) is 46.9 Å². The van der Waals surface area contributed by atoms with Crippen molar-refractivity contribution in [1.29, 1.82) is 0 Å². The van der Waals surface area contributed by atoms with Gasteiger partial charge >= 0.3 is 28.7 Å². The first-order chi connectivity index (χ1) is 36.6. The van der Waals surface area contributed by atoms with Gasteiger partial charge in [0.1, 0.15) is 50.0 Å². The Morgan fingerprint density at radius 3 is 2.13 bits per heavy atom. The number of hydrogen-bond donors (Lipinski definition) is 11. The highest BCUT2D eigenvalue weighted by molar-refractivity contribution is 7.74. The van der Waals surface area contributed by atoms with Crippen LogP contribution in [0, 0.1) is 5.92 Å². The van der Waals surface area contributed by atoms with Gasteiger partial charge < -0.3 is 89.6 Å². The van der Waals surface area contributed by atoms with Crippen LogP contribution in [0.1, 0.15) is 25.1 Å². The zero-order valence-electron chi connectivity index (χ0n) is 41.2. The van der Waals surface area contributed by atoms with Crippen molar-refractivity contribution < 1.29 is 94.5 Å². The lowest BCUT2D eigenvalue weighted by atomic mass is 9.94. The number of aryl methyl sites for hydroxylation is 1. The lowest BCUT2D eigenvalue weighted by molar-refractivity contribution is -0.745. The molecule has 0 spiro atoms. The second-order valence-corrected chi connectivity index (χ2v) is 26.3. The van der Waals surface area contributed by atoms with Crippen molar-refractivity contribution >= 4 is 81.8 Å². The maximum absolute atomic E-state index is 14.4. The van der Waals surface area contributed by atoms with Gasteiger partial charge in [0.2, 0.25) is 17.7 Å². The number of aliphatic hydroxyl groups excluding tert-OH is 3. The number of anilines is 3. The molecule has 6 aromatic rings. The van der Waals surface area contributed by atoms with E-state index in [9.17, 15) is 62.7 Å². The van der Waals surface area contributed by atoms with Gasteiger partial charge in [0.05, 0.1) is 57.4 Å². The molecule has 14 N–H and O–H groups in total. The van der Waals surface area contributed by atoms with E-state index in [1.807, 2.05) is 0 Å². The van der Waals surface area contributed by atoms with Crippen molar-refractivity contribution in [2.24, 2.45) is 13.0 Å². The first-order valence-corrected chi connectivity index (χ1v) is 29.7. The third-order valence-electron chi connectivity index (χ3n) is 13.0. The molecule has 0 amide bonds. The smallest absolute Gasteiger partial charge is 0.479 e. The third kappa shape index (κ3) is 11.5. The molecule has 41 heteroatoms. The molecule has 0 aliphatic carbocycles. The van der Waals surface area contributed by atoms with E-state index in [-0.39, 0.29) is 57.6 Å². The Bertz CT molecular complexity index is 3540. The van der Waals surface area contributed by atoms with Gasteiger partial charge in [0.25, 0.3) is 17.1 Å². The van der Waals surface area contributed by atoms with E-state index in [0.717, 1.165) is 30.7 Å². The fraction of sp³-hybridized carbons (Fsp3) is 0.595. The molecule has 16 atom stereocenters. The Kier molecular flexibility index (Phi) is 16.1. The van der Waals surface area contributed by atoms with Gasteiger partial charge in [0.15, 0.2) is 47.3 Å². The van der Waals surface area contributed by atoms with Crippen molar-refractivity contribution in [1.82, 2.24) is 58.5 Å². The summed E-state index contributed by atoms with van der Waals surface area (Å²) in [5.41, 5.74) is 13.9. The monoisotopic (exact) mass is 1180 g/mol. The van der Waals surface area contributed by atoms with Crippen molar-refractivity contribution in [3.05, 3.63) is 46.0 Å². The standard InChI is InChI=1S/C37H54N16O21P4/c1-49(2)6-5-15-16(71-33(22(15)54)53-13-50(3)21-30(53)46-37(40)48-32(21)58)7-68-75(59,60)14-76(61,62)74-78(65,66)70-9-18-26(25(67-4)35(73-18)51-11-43-19-27(38)41-10-42-28(19)51)77(63,64)69-8-17-23(55)24(56)34(72-17)52-12-44-20-29(52)45-36(39)47-31(20)57/h10-13,15-18,22-26,33-35,54-56H,5-9,14H2,1-4H3,(H11-,38,39,40,41,42,45,46,47,48,57,58,59,60,61,62,63,64,65,66)/t15-,16-,17-,18?,22-,23-,24-,25-,26-,33?,34-,35-/m1/s1. The number of aromatic amines is 2. The molecule has 6 aromatic heterocycles. The fourth-order valence-corrected chi connectivity index (χ4v) is 16.2. The number of phosphoric acid groups is 1. The van der Waals surface area contributed by atoms with E-state index in [4.69, 9.17) is 49.7 Å². The van der Waals surface area contributed by atoms with E-state index in [1.165, 1.54) is 27.1 Å². The van der Waals surface area contributed by atoms with E-state index < -0.39 is 140 Å². The highest BCUT2D eigenvalue weighted by Gasteiger charge is 2.55.